The van der Waals surface area contributed by atoms with E-state index in [9.17, 15) is 9.90 Å². The number of aryl methyl sites for hydroxylation is 2. The van der Waals surface area contributed by atoms with Crippen LogP contribution < -0.4 is 0 Å². The first-order chi connectivity index (χ1) is 8.63. The lowest BCUT2D eigenvalue weighted by Crippen LogP contribution is -2.00. The van der Waals surface area contributed by atoms with Gasteiger partial charge >= 0.3 is 5.97 Å². The number of rotatable bonds is 4. The molecule has 2 aromatic heterocycles. The van der Waals surface area contributed by atoms with Gasteiger partial charge < -0.3 is 5.11 Å². The molecule has 0 atom stereocenters. The lowest BCUT2D eigenvalue weighted by atomic mass is 10.0. The molecule has 0 aliphatic rings. The topological polar surface area (TPSA) is 68.0 Å². The van der Waals surface area contributed by atoms with Gasteiger partial charge in [-0.2, -0.15) is 5.10 Å². The molecule has 2 heterocycles. The Labute approximate surface area is 105 Å². The Hall–Kier alpha value is -2.17. The number of carbonyl (C=O) groups is 1. The number of carboxylic acid groups (broad SMARTS) is 1. The summed E-state index contributed by atoms with van der Waals surface area (Å²) in [5.41, 5.74) is 2.65. The van der Waals surface area contributed by atoms with Crippen molar-refractivity contribution < 1.29 is 9.90 Å². The molecule has 0 amide bonds. The van der Waals surface area contributed by atoms with Crippen LogP contribution in [0.1, 0.15) is 29.4 Å². The fourth-order valence-corrected chi connectivity index (χ4v) is 1.98. The molecule has 0 fully saturated rings. The predicted molar refractivity (Wildman–Crippen MR) is 67.4 cm³/mol. The lowest BCUT2D eigenvalue weighted by Gasteiger charge is -2.04. The highest BCUT2D eigenvalue weighted by Crippen LogP contribution is 2.26. The van der Waals surface area contributed by atoms with Gasteiger partial charge in [0, 0.05) is 36.8 Å². The largest absolute Gasteiger partial charge is 0.478 e. The van der Waals surface area contributed by atoms with Crippen LogP contribution in [-0.2, 0) is 13.5 Å². The molecule has 2 aromatic rings. The van der Waals surface area contributed by atoms with E-state index in [2.05, 4.69) is 17.0 Å². The van der Waals surface area contributed by atoms with Gasteiger partial charge in [0.15, 0.2) is 0 Å². The minimum absolute atomic E-state index is 0.260. The fraction of sp³-hybridized carbons (Fsp3) is 0.308. The van der Waals surface area contributed by atoms with Crippen LogP contribution in [0.25, 0.3) is 11.1 Å². The Morgan fingerprint density at radius 1 is 1.44 bits per heavy atom. The standard InChI is InChI=1S/C13H15N3O2/c1-3-4-12-11(8-16(2)15-12)10-7-14-6-5-9(10)13(17)18/h5-8H,3-4H2,1-2H3,(H,17,18). The zero-order valence-electron chi connectivity index (χ0n) is 10.4. The second-order valence-corrected chi connectivity index (χ2v) is 4.14. The predicted octanol–water partition coefficient (Wildman–Crippen LogP) is 2.13. The van der Waals surface area contributed by atoms with Crippen LogP contribution in [0.15, 0.2) is 24.7 Å². The third-order valence-corrected chi connectivity index (χ3v) is 2.73. The molecule has 0 unspecified atom stereocenters. The molecular formula is C13H15N3O2. The van der Waals surface area contributed by atoms with Gasteiger partial charge in [-0.25, -0.2) is 4.79 Å². The van der Waals surface area contributed by atoms with E-state index >= 15 is 0 Å². The Kier molecular flexibility index (Phi) is 3.41. The number of aromatic carboxylic acids is 1. The SMILES string of the molecule is CCCc1nn(C)cc1-c1cnccc1C(=O)O. The average Bonchev–Trinajstić information content (AvgIpc) is 2.71. The number of carboxylic acids is 1. The Morgan fingerprint density at radius 2 is 2.22 bits per heavy atom. The summed E-state index contributed by atoms with van der Waals surface area (Å²) in [5.74, 6) is -0.946. The molecule has 0 spiro atoms. The van der Waals surface area contributed by atoms with Crippen molar-refractivity contribution in [1.29, 1.82) is 0 Å². The van der Waals surface area contributed by atoms with Crippen molar-refractivity contribution in [3.8, 4) is 11.1 Å². The first-order valence-corrected chi connectivity index (χ1v) is 5.83. The zero-order chi connectivity index (χ0) is 13.1. The molecule has 1 N–H and O–H groups in total. The molecule has 2 rings (SSSR count). The molecule has 94 valence electrons. The maximum Gasteiger partial charge on any atom is 0.336 e. The normalized spacial score (nSPS) is 10.6. The van der Waals surface area contributed by atoms with Crippen LogP contribution in [0.2, 0.25) is 0 Å². The number of pyridine rings is 1. The van der Waals surface area contributed by atoms with Gasteiger partial charge in [0.2, 0.25) is 0 Å². The molecular weight excluding hydrogens is 230 g/mol. The van der Waals surface area contributed by atoms with Gasteiger partial charge in [0.1, 0.15) is 0 Å². The molecule has 0 aliphatic heterocycles. The van der Waals surface area contributed by atoms with Gasteiger partial charge in [0.25, 0.3) is 0 Å². The van der Waals surface area contributed by atoms with Crippen molar-refractivity contribution in [3.05, 3.63) is 35.9 Å². The third kappa shape index (κ3) is 2.25. The highest BCUT2D eigenvalue weighted by molar-refractivity contribution is 5.95. The smallest absolute Gasteiger partial charge is 0.336 e. The number of hydrogen-bond acceptors (Lipinski definition) is 3. The van der Waals surface area contributed by atoms with Crippen molar-refractivity contribution in [1.82, 2.24) is 14.8 Å². The van der Waals surface area contributed by atoms with Gasteiger partial charge in [-0.3, -0.25) is 9.67 Å². The van der Waals surface area contributed by atoms with Crippen LogP contribution in [-0.4, -0.2) is 25.8 Å². The highest BCUT2D eigenvalue weighted by atomic mass is 16.4. The van der Waals surface area contributed by atoms with E-state index in [1.165, 1.54) is 12.3 Å². The molecule has 0 aliphatic carbocycles. The summed E-state index contributed by atoms with van der Waals surface area (Å²) in [6, 6.07) is 1.51. The van der Waals surface area contributed by atoms with Crippen LogP contribution in [0.3, 0.4) is 0 Å². The fourth-order valence-electron chi connectivity index (χ4n) is 1.98. The summed E-state index contributed by atoms with van der Waals surface area (Å²) in [4.78, 5) is 15.2. The van der Waals surface area contributed by atoms with Crippen molar-refractivity contribution in [2.24, 2.45) is 7.05 Å². The Balaban J connectivity index is 2.58. The number of aromatic nitrogens is 3. The van der Waals surface area contributed by atoms with E-state index in [1.54, 1.807) is 10.9 Å². The Morgan fingerprint density at radius 3 is 2.89 bits per heavy atom. The molecule has 18 heavy (non-hydrogen) atoms. The summed E-state index contributed by atoms with van der Waals surface area (Å²) in [6.45, 7) is 2.07. The Bertz CT molecular complexity index is 575. The van der Waals surface area contributed by atoms with Crippen LogP contribution in [0.5, 0.6) is 0 Å². The molecule has 0 aromatic carbocycles. The molecule has 0 radical (unpaired) electrons. The maximum atomic E-state index is 11.2. The summed E-state index contributed by atoms with van der Waals surface area (Å²) in [6.07, 6.45) is 6.70. The van der Waals surface area contributed by atoms with Crippen molar-refractivity contribution in [2.45, 2.75) is 19.8 Å². The second-order valence-electron chi connectivity index (χ2n) is 4.14. The van der Waals surface area contributed by atoms with Gasteiger partial charge in [-0.15, -0.1) is 0 Å². The third-order valence-electron chi connectivity index (χ3n) is 2.73. The average molecular weight is 245 g/mol. The van der Waals surface area contributed by atoms with Crippen molar-refractivity contribution in [3.63, 3.8) is 0 Å². The summed E-state index contributed by atoms with van der Waals surface area (Å²) >= 11 is 0. The zero-order valence-corrected chi connectivity index (χ0v) is 10.4. The van der Waals surface area contributed by atoms with E-state index in [1.807, 2.05) is 13.2 Å². The summed E-state index contributed by atoms with van der Waals surface area (Å²) < 4.78 is 1.71. The monoisotopic (exact) mass is 245 g/mol. The molecule has 5 nitrogen and oxygen atoms in total. The lowest BCUT2D eigenvalue weighted by molar-refractivity contribution is 0.0697. The quantitative estimate of drug-likeness (QED) is 0.896. The van der Waals surface area contributed by atoms with E-state index in [0.29, 0.717) is 5.56 Å². The van der Waals surface area contributed by atoms with Crippen LogP contribution in [0.4, 0.5) is 0 Å². The first-order valence-electron chi connectivity index (χ1n) is 5.83. The van der Waals surface area contributed by atoms with Gasteiger partial charge in [0.05, 0.1) is 11.3 Å². The number of hydrogen-bond donors (Lipinski definition) is 1. The summed E-state index contributed by atoms with van der Waals surface area (Å²) in [7, 11) is 1.83. The van der Waals surface area contributed by atoms with Crippen LogP contribution in [0, 0.1) is 0 Å². The van der Waals surface area contributed by atoms with Crippen molar-refractivity contribution >= 4 is 5.97 Å². The molecule has 5 heteroatoms. The van der Waals surface area contributed by atoms with E-state index in [4.69, 9.17) is 0 Å². The highest BCUT2D eigenvalue weighted by Gasteiger charge is 2.16. The van der Waals surface area contributed by atoms with Gasteiger partial charge in [-0.05, 0) is 12.5 Å². The molecule has 0 saturated heterocycles. The molecule has 0 bridgehead atoms. The number of nitrogens with zero attached hydrogens (tertiary/aromatic N) is 3. The van der Waals surface area contributed by atoms with Crippen molar-refractivity contribution in [2.75, 3.05) is 0 Å². The maximum absolute atomic E-state index is 11.2. The minimum Gasteiger partial charge on any atom is -0.478 e. The first kappa shape index (κ1) is 12.3. The minimum atomic E-state index is -0.946. The van der Waals surface area contributed by atoms with Gasteiger partial charge in [-0.1, -0.05) is 13.3 Å². The van der Waals surface area contributed by atoms with Crippen LogP contribution >= 0.6 is 0 Å². The molecule has 0 saturated carbocycles. The summed E-state index contributed by atoms with van der Waals surface area (Å²) in [5, 5.41) is 13.6. The van der Waals surface area contributed by atoms with E-state index < -0.39 is 5.97 Å². The second kappa shape index (κ2) is 5.00. The van der Waals surface area contributed by atoms with E-state index in [0.717, 1.165) is 24.1 Å². The van der Waals surface area contributed by atoms with E-state index in [-0.39, 0.29) is 5.56 Å².